The van der Waals surface area contributed by atoms with Crippen LogP contribution in [-0.4, -0.2) is 38.4 Å². The van der Waals surface area contributed by atoms with Gasteiger partial charge >= 0.3 is 0 Å². The predicted molar refractivity (Wildman–Crippen MR) is 72.4 cm³/mol. The average molecular weight is 300 g/mol. The van der Waals surface area contributed by atoms with Gasteiger partial charge < -0.3 is 5.32 Å². The zero-order chi connectivity index (χ0) is 14.0. The summed E-state index contributed by atoms with van der Waals surface area (Å²) in [4.78, 5) is 0.00182. The van der Waals surface area contributed by atoms with Crippen molar-refractivity contribution in [3.05, 3.63) is 28.8 Å². The molecule has 5 nitrogen and oxygen atoms in total. The molecule has 1 aromatic carbocycles. The minimum absolute atomic E-state index is 0.00182. The van der Waals surface area contributed by atoms with Crippen molar-refractivity contribution >= 4 is 21.6 Å². The van der Waals surface area contributed by atoms with Crippen molar-refractivity contribution in [2.45, 2.75) is 17.9 Å². The van der Waals surface area contributed by atoms with E-state index >= 15 is 0 Å². The van der Waals surface area contributed by atoms with E-state index in [2.05, 4.69) is 5.32 Å². The van der Waals surface area contributed by atoms with E-state index in [1.807, 2.05) is 13.0 Å². The summed E-state index contributed by atoms with van der Waals surface area (Å²) in [6, 6.07) is 6.06. The first-order valence-corrected chi connectivity index (χ1v) is 7.71. The van der Waals surface area contributed by atoms with Gasteiger partial charge in [0.15, 0.2) is 0 Å². The molecule has 1 unspecified atom stereocenters. The van der Waals surface area contributed by atoms with Crippen LogP contribution in [0.2, 0.25) is 5.02 Å². The second-order valence-electron chi connectivity index (χ2n) is 4.43. The number of nitrogens with zero attached hydrogens (tertiary/aromatic N) is 2. The average Bonchev–Trinajstić information content (AvgIpc) is 2.39. The smallest absolute Gasteiger partial charge is 0.244 e. The molecule has 2 rings (SSSR count). The van der Waals surface area contributed by atoms with Gasteiger partial charge in [0.2, 0.25) is 10.0 Å². The molecular formula is C12H14ClN3O2S. The lowest BCUT2D eigenvalue weighted by Gasteiger charge is -2.33. The first kappa shape index (κ1) is 14.3. The third-order valence-corrected chi connectivity index (χ3v) is 5.58. The third kappa shape index (κ3) is 2.74. The van der Waals surface area contributed by atoms with E-state index < -0.39 is 10.0 Å². The molecule has 7 heteroatoms. The van der Waals surface area contributed by atoms with Gasteiger partial charge in [-0.2, -0.15) is 9.57 Å². The molecule has 1 aromatic rings. The van der Waals surface area contributed by atoms with Crippen LogP contribution in [-0.2, 0) is 10.0 Å². The van der Waals surface area contributed by atoms with Crippen LogP contribution < -0.4 is 5.32 Å². The molecule has 0 saturated carbocycles. The fourth-order valence-electron chi connectivity index (χ4n) is 2.08. The number of hydrogen-bond donors (Lipinski definition) is 1. The molecule has 0 aromatic heterocycles. The van der Waals surface area contributed by atoms with Crippen LogP contribution in [0.3, 0.4) is 0 Å². The summed E-state index contributed by atoms with van der Waals surface area (Å²) >= 11 is 5.97. The summed E-state index contributed by atoms with van der Waals surface area (Å²) in [6.07, 6.45) is 0. The molecule has 1 fully saturated rings. The van der Waals surface area contributed by atoms with Gasteiger partial charge in [0.25, 0.3) is 0 Å². The highest BCUT2D eigenvalue weighted by Crippen LogP contribution is 2.27. The molecular weight excluding hydrogens is 286 g/mol. The van der Waals surface area contributed by atoms with Crippen molar-refractivity contribution in [2.24, 2.45) is 0 Å². The van der Waals surface area contributed by atoms with E-state index in [0.717, 1.165) is 0 Å². The van der Waals surface area contributed by atoms with Gasteiger partial charge in [0.1, 0.15) is 4.90 Å². The molecule has 0 bridgehead atoms. The molecule has 1 atom stereocenters. The fraction of sp³-hybridized carbons (Fsp3) is 0.417. The van der Waals surface area contributed by atoms with Crippen LogP contribution in [0, 0.1) is 11.3 Å². The molecule has 0 radical (unpaired) electrons. The molecule has 1 aliphatic rings. The number of halogens is 1. The highest BCUT2D eigenvalue weighted by atomic mass is 35.5. The van der Waals surface area contributed by atoms with Crippen molar-refractivity contribution in [1.29, 1.82) is 5.26 Å². The van der Waals surface area contributed by atoms with Crippen LogP contribution >= 0.6 is 11.6 Å². The monoisotopic (exact) mass is 299 g/mol. The van der Waals surface area contributed by atoms with E-state index in [0.29, 0.717) is 19.6 Å². The van der Waals surface area contributed by atoms with E-state index in [9.17, 15) is 8.42 Å². The van der Waals surface area contributed by atoms with Crippen molar-refractivity contribution in [1.82, 2.24) is 9.62 Å². The summed E-state index contributed by atoms with van der Waals surface area (Å²) in [6.45, 7) is 3.45. The highest BCUT2D eigenvalue weighted by molar-refractivity contribution is 7.89. The quantitative estimate of drug-likeness (QED) is 0.890. The van der Waals surface area contributed by atoms with Crippen molar-refractivity contribution in [3.63, 3.8) is 0 Å². The van der Waals surface area contributed by atoms with Crippen LogP contribution in [0.25, 0.3) is 0 Å². The molecule has 102 valence electrons. The van der Waals surface area contributed by atoms with Gasteiger partial charge in [-0.3, -0.25) is 0 Å². The Labute approximate surface area is 117 Å². The third-order valence-electron chi connectivity index (χ3n) is 3.09. The molecule has 1 N–H and O–H groups in total. The van der Waals surface area contributed by atoms with Crippen molar-refractivity contribution < 1.29 is 8.42 Å². The normalized spacial score (nSPS) is 21.0. The van der Waals surface area contributed by atoms with Gasteiger partial charge in [0, 0.05) is 25.7 Å². The Hall–Kier alpha value is -1.13. The zero-order valence-electron chi connectivity index (χ0n) is 10.4. The molecule has 1 saturated heterocycles. The van der Waals surface area contributed by atoms with E-state index in [1.165, 1.54) is 22.5 Å². The first-order chi connectivity index (χ1) is 8.96. The SMILES string of the molecule is CC1CNCCN1S(=O)(=O)c1cc(C#N)ccc1Cl. The van der Waals surface area contributed by atoms with Crippen LogP contribution in [0.1, 0.15) is 12.5 Å². The van der Waals surface area contributed by atoms with Gasteiger partial charge in [-0.1, -0.05) is 11.6 Å². The lowest BCUT2D eigenvalue weighted by molar-refractivity contribution is 0.284. The maximum absolute atomic E-state index is 12.6. The Morgan fingerprint density at radius 3 is 2.89 bits per heavy atom. The molecule has 1 aliphatic heterocycles. The highest BCUT2D eigenvalue weighted by Gasteiger charge is 2.32. The van der Waals surface area contributed by atoms with Crippen LogP contribution in [0.15, 0.2) is 23.1 Å². The Balaban J connectivity index is 2.47. The van der Waals surface area contributed by atoms with E-state index in [1.54, 1.807) is 0 Å². The van der Waals surface area contributed by atoms with E-state index in [4.69, 9.17) is 16.9 Å². The minimum atomic E-state index is -3.66. The van der Waals surface area contributed by atoms with Crippen molar-refractivity contribution in [3.8, 4) is 6.07 Å². The molecule has 1 heterocycles. The summed E-state index contributed by atoms with van der Waals surface area (Å²) in [5.74, 6) is 0. The molecule has 0 spiro atoms. The number of benzene rings is 1. The number of piperazine rings is 1. The van der Waals surface area contributed by atoms with Crippen molar-refractivity contribution in [2.75, 3.05) is 19.6 Å². The van der Waals surface area contributed by atoms with Gasteiger partial charge in [-0.15, -0.1) is 0 Å². The number of sulfonamides is 1. The van der Waals surface area contributed by atoms with Gasteiger partial charge in [-0.25, -0.2) is 8.42 Å². The summed E-state index contributed by atoms with van der Waals surface area (Å²) in [5.41, 5.74) is 0.283. The number of rotatable bonds is 2. The maximum Gasteiger partial charge on any atom is 0.244 e. The summed E-state index contributed by atoms with van der Waals surface area (Å²) in [7, 11) is -3.66. The Morgan fingerprint density at radius 1 is 1.53 bits per heavy atom. The summed E-state index contributed by atoms with van der Waals surface area (Å²) < 4.78 is 26.6. The Morgan fingerprint density at radius 2 is 2.26 bits per heavy atom. The molecule has 19 heavy (non-hydrogen) atoms. The first-order valence-electron chi connectivity index (χ1n) is 5.89. The fourth-order valence-corrected chi connectivity index (χ4v) is 4.21. The Kier molecular flexibility index (Phi) is 4.11. The van der Waals surface area contributed by atoms with E-state index in [-0.39, 0.29) is 21.5 Å². The second-order valence-corrected chi connectivity index (χ2v) is 6.69. The topological polar surface area (TPSA) is 73.2 Å². The molecule has 0 aliphatic carbocycles. The number of nitriles is 1. The lowest BCUT2D eigenvalue weighted by atomic mass is 10.2. The second kappa shape index (κ2) is 5.47. The lowest BCUT2D eigenvalue weighted by Crippen LogP contribution is -2.52. The minimum Gasteiger partial charge on any atom is -0.314 e. The standard InChI is InChI=1S/C12H14ClN3O2S/c1-9-8-15-4-5-16(9)19(17,18)12-6-10(7-14)2-3-11(12)13/h2-3,6,9,15H,4-5,8H2,1H3. The van der Waals surface area contributed by atoms with Gasteiger partial charge in [0.05, 0.1) is 16.7 Å². The van der Waals surface area contributed by atoms with Crippen LogP contribution in [0.5, 0.6) is 0 Å². The Bertz CT molecular complexity index is 624. The van der Waals surface area contributed by atoms with Crippen LogP contribution in [0.4, 0.5) is 0 Å². The predicted octanol–water partition coefficient (Wildman–Crippen LogP) is 1.19. The zero-order valence-corrected chi connectivity index (χ0v) is 12.0. The number of hydrogen-bond acceptors (Lipinski definition) is 4. The number of nitrogens with one attached hydrogen (secondary N) is 1. The largest absolute Gasteiger partial charge is 0.314 e. The van der Waals surface area contributed by atoms with Gasteiger partial charge in [-0.05, 0) is 25.1 Å². The summed E-state index contributed by atoms with van der Waals surface area (Å²) in [5, 5.41) is 12.1. The molecule has 0 amide bonds. The maximum atomic E-state index is 12.6.